The summed E-state index contributed by atoms with van der Waals surface area (Å²) >= 11 is 6.17. The molecule has 6 heteroatoms. The lowest BCUT2D eigenvalue weighted by atomic mass is 10.1. The molecule has 2 aromatic rings. The number of rotatable bonds is 9. The second-order valence-electron chi connectivity index (χ2n) is 6.15. The summed E-state index contributed by atoms with van der Waals surface area (Å²) in [5, 5.41) is 3.25. The third-order valence-corrected chi connectivity index (χ3v) is 4.75. The van der Waals surface area contributed by atoms with E-state index in [4.69, 9.17) is 21.1 Å². The molecule has 0 aromatic heterocycles. The van der Waals surface area contributed by atoms with E-state index < -0.39 is 0 Å². The van der Waals surface area contributed by atoms with Gasteiger partial charge in [-0.2, -0.15) is 0 Å². The lowest BCUT2D eigenvalue weighted by Gasteiger charge is -2.18. The van der Waals surface area contributed by atoms with Crippen LogP contribution in [-0.2, 0) is 13.1 Å². The number of nitrogens with one attached hydrogen (secondary N) is 1. The summed E-state index contributed by atoms with van der Waals surface area (Å²) in [6.07, 6.45) is 0. The van der Waals surface area contributed by atoms with Crippen LogP contribution in [0.1, 0.15) is 35.3 Å². The molecule has 1 amide bonds. The van der Waals surface area contributed by atoms with Crippen LogP contribution >= 0.6 is 11.6 Å². The molecule has 0 saturated heterocycles. The topological polar surface area (TPSA) is 50.8 Å². The van der Waals surface area contributed by atoms with Crippen LogP contribution in [0.5, 0.6) is 11.5 Å². The Bertz CT molecular complexity index is 759. The molecule has 2 rings (SSSR count). The van der Waals surface area contributed by atoms with E-state index >= 15 is 0 Å². The van der Waals surface area contributed by atoms with E-state index in [1.54, 1.807) is 12.1 Å². The second-order valence-corrected chi connectivity index (χ2v) is 6.56. The van der Waals surface area contributed by atoms with Crippen LogP contribution in [0.25, 0.3) is 0 Å². The van der Waals surface area contributed by atoms with E-state index in [-0.39, 0.29) is 5.91 Å². The molecule has 0 aliphatic heterocycles. The van der Waals surface area contributed by atoms with Crippen molar-refractivity contribution >= 4 is 17.5 Å². The number of halogens is 1. The molecular weight excluding hydrogens is 364 g/mol. The van der Waals surface area contributed by atoms with Crippen molar-refractivity contribution in [3.05, 3.63) is 58.1 Å². The molecule has 5 nitrogen and oxygen atoms in total. The van der Waals surface area contributed by atoms with Crippen molar-refractivity contribution in [3.8, 4) is 11.5 Å². The Kier molecular flexibility index (Phi) is 7.95. The molecule has 0 aliphatic rings. The number of carbonyl (C=O) groups excluding carboxylic acids is 1. The van der Waals surface area contributed by atoms with Crippen molar-refractivity contribution in [1.82, 2.24) is 10.2 Å². The molecule has 0 radical (unpaired) electrons. The Labute approximate surface area is 166 Å². The zero-order chi connectivity index (χ0) is 19.8. The molecule has 0 atom stereocenters. The largest absolute Gasteiger partial charge is 0.493 e. The summed E-state index contributed by atoms with van der Waals surface area (Å²) in [6.45, 7) is 7.76. The van der Waals surface area contributed by atoms with Crippen LogP contribution in [0.15, 0.2) is 36.4 Å². The highest BCUT2D eigenvalue weighted by atomic mass is 35.5. The van der Waals surface area contributed by atoms with Crippen molar-refractivity contribution in [1.29, 1.82) is 0 Å². The molecule has 0 saturated carbocycles. The number of carbonyl (C=O) groups is 1. The maximum Gasteiger partial charge on any atom is 0.251 e. The van der Waals surface area contributed by atoms with Gasteiger partial charge in [0.2, 0.25) is 0 Å². The van der Waals surface area contributed by atoms with Crippen molar-refractivity contribution in [2.45, 2.75) is 26.9 Å². The maximum absolute atomic E-state index is 12.5. The van der Waals surface area contributed by atoms with Gasteiger partial charge < -0.3 is 14.8 Å². The Morgan fingerprint density at radius 2 is 1.67 bits per heavy atom. The highest BCUT2D eigenvalue weighted by Gasteiger charge is 2.15. The Hall–Kier alpha value is -2.24. The van der Waals surface area contributed by atoms with Crippen molar-refractivity contribution < 1.29 is 14.3 Å². The fourth-order valence-corrected chi connectivity index (χ4v) is 3.09. The molecule has 0 fully saturated rings. The number of hydrogen-bond acceptors (Lipinski definition) is 4. The minimum atomic E-state index is -0.218. The number of amides is 1. The monoisotopic (exact) mass is 390 g/mol. The van der Waals surface area contributed by atoms with Crippen LogP contribution in [0.3, 0.4) is 0 Å². The van der Waals surface area contributed by atoms with Gasteiger partial charge in [-0.3, -0.25) is 9.69 Å². The number of ether oxygens (including phenoxy) is 2. The van der Waals surface area contributed by atoms with E-state index in [1.807, 2.05) is 12.1 Å². The van der Waals surface area contributed by atoms with Crippen molar-refractivity contribution in [3.63, 3.8) is 0 Å². The predicted octanol–water partition coefficient (Wildman–Crippen LogP) is 4.13. The summed E-state index contributed by atoms with van der Waals surface area (Å²) < 4.78 is 10.4. The Morgan fingerprint density at radius 1 is 1.04 bits per heavy atom. The van der Waals surface area contributed by atoms with Gasteiger partial charge in [0.15, 0.2) is 11.5 Å². The first-order valence-electron chi connectivity index (χ1n) is 9.02. The number of nitrogens with zero attached hydrogens (tertiary/aromatic N) is 1. The first-order valence-corrected chi connectivity index (χ1v) is 9.40. The fourth-order valence-electron chi connectivity index (χ4n) is 2.80. The Morgan fingerprint density at radius 3 is 2.22 bits per heavy atom. The third kappa shape index (κ3) is 5.62. The quantitative estimate of drug-likeness (QED) is 0.699. The number of methoxy groups -OCH3 is 2. The molecule has 0 aliphatic carbocycles. The molecule has 0 bridgehead atoms. The summed E-state index contributed by atoms with van der Waals surface area (Å²) in [5.41, 5.74) is 2.73. The van der Waals surface area contributed by atoms with Gasteiger partial charge in [0.25, 0.3) is 5.91 Å². The molecule has 146 valence electrons. The van der Waals surface area contributed by atoms with E-state index in [1.165, 1.54) is 19.8 Å². The lowest BCUT2D eigenvalue weighted by molar-refractivity contribution is 0.0950. The van der Waals surface area contributed by atoms with Gasteiger partial charge in [-0.05, 0) is 36.3 Å². The van der Waals surface area contributed by atoms with Crippen LogP contribution in [0.2, 0.25) is 5.02 Å². The van der Waals surface area contributed by atoms with Gasteiger partial charge in [-0.15, -0.1) is 0 Å². The van der Waals surface area contributed by atoms with Crippen LogP contribution in [0, 0.1) is 0 Å². The molecule has 1 N–H and O–H groups in total. The van der Waals surface area contributed by atoms with Crippen LogP contribution in [-0.4, -0.2) is 38.1 Å². The molecule has 0 unspecified atom stereocenters. The second kappa shape index (κ2) is 10.2. The summed E-state index contributed by atoms with van der Waals surface area (Å²) in [6, 6.07) is 11.5. The van der Waals surface area contributed by atoms with Gasteiger partial charge in [0.1, 0.15) is 0 Å². The number of benzene rings is 2. The smallest absolute Gasteiger partial charge is 0.251 e. The standard InChI is InChI=1S/C21H27ClN2O3/c1-5-24(6-2)14-16-9-7-15(8-10-16)13-23-21(25)17-11-18(22)20(27-4)19(12-17)26-3/h7-12H,5-6,13-14H2,1-4H3,(H,23,25). The highest BCUT2D eigenvalue weighted by molar-refractivity contribution is 6.32. The lowest BCUT2D eigenvalue weighted by Crippen LogP contribution is -2.23. The first kappa shape index (κ1) is 21.1. The first-order chi connectivity index (χ1) is 13.0. The molecule has 0 heterocycles. The van der Waals surface area contributed by atoms with Gasteiger partial charge in [0, 0.05) is 18.7 Å². The van der Waals surface area contributed by atoms with Gasteiger partial charge in [0.05, 0.1) is 19.2 Å². The van der Waals surface area contributed by atoms with Crippen LogP contribution < -0.4 is 14.8 Å². The van der Waals surface area contributed by atoms with Gasteiger partial charge >= 0.3 is 0 Å². The minimum absolute atomic E-state index is 0.218. The van der Waals surface area contributed by atoms with Crippen LogP contribution in [0.4, 0.5) is 0 Å². The van der Waals surface area contributed by atoms with Gasteiger partial charge in [-0.25, -0.2) is 0 Å². The van der Waals surface area contributed by atoms with E-state index in [0.717, 1.165) is 25.2 Å². The minimum Gasteiger partial charge on any atom is -0.493 e. The highest BCUT2D eigenvalue weighted by Crippen LogP contribution is 2.35. The molecule has 0 spiro atoms. The zero-order valence-corrected chi connectivity index (χ0v) is 17.1. The molecule has 27 heavy (non-hydrogen) atoms. The van der Waals surface area contributed by atoms with Crippen molar-refractivity contribution in [2.75, 3.05) is 27.3 Å². The fraction of sp³-hybridized carbons (Fsp3) is 0.381. The predicted molar refractivity (Wildman–Crippen MR) is 109 cm³/mol. The Balaban J connectivity index is 2.00. The van der Waals surface area contributed by atoms with E-state index in [9.17, 15) is 4.79 Å². The number of hydrogen-bond donors (Lipinski definition) is 1. The van der Waals surface area contributed by atoms with E-state index in [2.05, 4.69) is 36.2 Å². The zero-order valence-electron chi connectivity index (χ0n) is 16.3. The molecule has 2 aromatic carbocycles. The van der Waals surface area contributed by atoms with Gasteiger partial charge in [-0.1, -0.05) is 49.7 Å². The maximum atomic E-state index is 12.5. The normalized spacial score (nSPS) is 10.7. The summed E-state index contributed by atoms with van der Waals surface area (Å²) in [5.74, 6) is 0.625. The van der Waals surface area contributed by atoms with E-state index in [0.29, 0.717) is 28.6 Å². The average Bonchev–Trinajstić information content (AvgIpc) is 2.70. The summed E-state index contributed by atoms with van der Waals surface area (Å²) in [7, 11) is 3.02. The third-order valence-electron chi connectivity index (χ3n) is 4.47. The van der Waals surface area contributed by atoms with Crippen molar-refractivity contribution in [2.24, 2.45) is 0 Å². The SMILES string of the molecule is CCN(CC)Cc1ccc(CNC(=O)c2cc(Cl)c(OC)c(OC)c2)cc1. The average molecular weight is 391 g/mol. The summed E-state index contributed by atoms with van der Waals surface area (Å²) in [4.78, 5) is 14.8. The molecular formula is C21H27ClN2O3.